The fourth-order valence-corrected chi connectivity index (χ4v) is 2.35. The normalized spacial score (nSPS) is 13.2. The van der Waals surface area contributed by atoms with Crippen LogP contribution < -0.4 is 16.4 Å². The minimum Gasteiger partial charge on any atom is -0.481 e. The number of nitrogens with one attached hydrogen (secondary N) is 2. The highest BCUT2D eigenvalue weighted by Gasteiger charge is 2.26. The summed E-state index contributed by atoms with van der Waals surface area (Å²) < 4.78 is 0. The lowest BCUT2D eigenvalue weighted by Gasteiger charge is -2.23. The summed E-state index contributed by atoms with van der Waals surface area (Å²) >= 11 is 1.52. The molecule has 0 saturated heterocycles. The van der Waals surface area contributed by atoms with Crippen LogP contribution in [0.25, 0.3) is 0 Å². The van der Waals surface area contributed by atoms with E-state index in [0.29, 0.717) is 18.6 Å². The van der Waals surface area contributed by atoms with Crippen molar-refractivity contribution in [1.29, 1.82) is 0 Å². The molecule has 0 heterocycles. The number of thioether (sulfide) groups is 1. The Morgan fingerprint density at radius 3 is 2.17 bits per heavy atom. The second-order valence-corrected chi connectivity index (χ2v) is 6.55. The molecule has 0 fully saturated rings. The maximum atomic E-state index is 12.3. The van der Waals surface area contributed by atoms with Gasteiger partial charge >= 0.3 is 5.97 Å². The van der Waals surface area contributed by atoms with Crippen LogP contribution in [-0.4, -0.2) is 52.9 Å². The number of primary amides is 1. The van der Waals surface area contributed by atoms with Crippen LogP contribution in [0.1, 0.15) is 33.1 Å². The standard InChI is InChI=1S/C14H25N3O5S/c1-8(2)6-10(16-11(18)7-12(19)20)14(22)17-9(13(15)21)4-5-23-3/h8-10H,4-7H2,1-3H3,(H2,15,21)(H,16,18)(H,17,22)(H,19,20)/t9-,10-/m0/s1. The number of amides is 3. The van der Waals surface area contributed by atoms with Crippen LogP contribution >= 0.6 is 11.8 Å². The van der Waals surface area contributed by atoms with Gasteiger partial charge in [0.05, 0.1) is 0 Å². The number of hydrogen-bond donors (Lipinski definition) is 4. The highest BCUT2D eigenvalue weighted by Crippen LogP contribution is 2.07. The average Bonchev–Trinajstić information content (AvgIpc) is 2.40. The maximum absolute atomic E-state index is 12.3. The zero-order valence-corrected chi connectivity index (χ0v) is 14.4. The fourth-order valence-electron chi connectivity index (χ4n) is 1.88. The second-order valence-electron chi connectivity index (χ2n) is 5.57. The molecular weight excluding hydrogens is 322 g/mol. The minimum absolute atomic E-state index is 0.0918. The van der Waals surface area contributed by atoms with Crippen LogP contribution in [0.5, 0.6) is 0 Å². The predicted molar refractivity (Wildman–Crippen MR) is 87.8 cm³/mol. The van der Waals surface area contributed by atoms with E-state index >= 15 is 0 Å². The first kappa shape index (κ1) is 21.2. The lowest BCUT2D eigenvalue weighted by Crippen LogP contribution is -2.53. The number of carboxylic acids is 1. The van der Waals surface area contributed by atoms with Gasteiger partial charge in [-0.1, -0.05) is 13.8 Å². The number of carboxylic acid groups (broad SMARTS) is 1. The van der Waals surface area contributed by atoms with E-state index in [1.807, 2.05) is 20.1 Å². The Bertz CT molecular complexity index is 442. The SMILES string of the molecule is CSCC[C@H](NC(=O)[C@H](CC(C)C)NC(=O)CC(=O)O)C(N)=O. The van der Waals surface area contributed by atoms with Crippen molar-refractivity contribution in [3.63, 3.8) is 0 Å². The Kier molecular flexibility index (Phi) is 10.0. The van der Waals surface area contributed by atoms with Crippen molar-refractivity contribution < 1.29 is 24.3 Å². The van der Waals surface area contributed by atoms with E-state index in [4.69, 9.17) is 10.8 Å². The van der Waals surface area contributed by atoms with E-state index in [1.165, 1.54) is 11.8 Å². The summed E-state index contributed by atoms with van der Waals surface area (Å²) in [6, 6.07) is -1.72. The zero-order valence-electron chi connectivity index (χ0n) is 13.6. The second kappa shape index (κ2) is 10.9. The molecule has 0 radical (unpaired) electrons. The van der Waals surface area contributed by atoms with E-state index < -0.39 is 42.2 Å². The third-order valence-electron chi connectivity index (χ3n) is 2.94. The molecule has 0 rings (SSSR count). The number of rotatable bonds is 11. The van der Waals surface area contributed by atoms with Crippen LogP contribution in [0.3, 0.4) is 0 Å². The summed E-state index contributed by atoms with van der Waals surface area (Å²) in [4.78, 5) is 45.8. The van der Waals surface area contributed by atoms with Crippen molar-refractivity contribution in [2.24, 2.45) is 11.7 Å². The smallest absolute Gasteiger partial charge is 0.312 e. The highest BCUT2D eigenvalue weighted by atomic mass is 32.2. The Morgan fingerprint density at radius 1 is 1.13 bits per heavy atom. The largest absolute Gasteiger partial charge is 0.481 e. The van der Waals surface area contributed by atoms with Gasteiger partial charge in [-0.3, -0.25) is 19.2 Å². The van der Waals surface area contributed by atoms with Crippen LogP contribution in [0.15, 0.2) is 0 Å². The molecule has 2 atom stereocenters. The number of hydrogen-bond acceptors (Lipinski definition) is 5. The summed E-state index contributed by atoms with van der Waals surface area (Å²) in [5, 5.41) is 13.5. The van der Waals surface area contributed by atoms with Gasteiger partial charge in [-0.25, -0.2) is 0 Å². The van der Waals surface area contributed by atoms with E-state index in [0.717, 1.165) is 0 Å². The molecule has 0 aliphatic rings. The quantitative estimate of drug-likeness (QED) is 0.379. The lowest BCUT2D eigenvalue weighted by molar-refractivity contribution is -0.141. The molecule has 0 unspecified atom stereocenters. The molecule has 0 aromatic rings. The molecule has 0 aliphatic carbocycles. The van der Waals surface area contributed by atoms with Gasteiger partial charge in [0.2, 0.25) is 17.7 Å². The third-order valence-corrected chi connectivity index (χ3v) is 3.59. The predicted octanol–water partition coefficient (Wildman–Crippen LogP) is -0.285. The van der Waals surface area contributed by atoms with E-state index in [9.17, 15) is 19.2 Å². The topological polar surface area (TPSA) is 139 Å². The van der Waals surface area contributed by atoms with Crippen molar-refractivity contribution in [3.05, 3.63) is 0 Å². The molecule has 5 N–H and O–H groups in total. The molecule has 132 valence electrons. The van der Waals surface area contributed by atoms with Crippen molar-refractivity contribution in [2.45, 2.75) is 45.2 Å². The fraction of sp³-hybridized carbons (Fsp3) is 0.714. The van der Waals surface area contributed by atoms with Gasteiger partial charge in [-0.2, -0.15) is 11.8 Å². The number of carbonyl (C=O) groups is 4. The molecular formula is C14H25N3O5S. The Balaban J connectivity index is 4.86. The van der Waals surface area contributed by atoms with Gasteiger partial charge in [0, 0.05) is 0 Å². The van der Waals surface area contributed by atoms with Crippen molar-refractivity contribution in [2.75, 3.05) is 12.0 Å². The molecule has 0 aliphatic heterocycles. The Hall–Kier alpha value is -1.77. The molecule has 0 aromatic carbocycles. The molecule has 0 aromatic heterocycles. The van der Waals surface area contributed by atoms with Crippen molar-refractivity contribution in [3.8, 4) is 0 Å². The van der Waals surface area contributed by atoms with Crippen molar-refractivity contribution in [1.82, 2.24) is 10.6 Å². The van der Waals surface area contributed by atoms with Gasteiger partial charge < -0.3 is 21.5 Å². The summed E-state index contributed by atoms with van der Waals surface area (Å²) in [5.74, 6) is -2.48. The van der Waals surface area contributed by atoms with Crippen molar-refractivity contribution >= 4 is 35.5 Å². The first-order chi connectivity index (χ1) is 10.7. The molecule has 0 bridgehead atoms. The number of aliphatic carboxylic acids is 1. The van der Waals surface area contributed by atoms with Gasteiger partial charge in [-0.15, -0.1) is 0 Å². The summed E-state index contributed by atoms with van der Waals surface area (Å²) in [7, 11) is 0. The lowest BCUT2D eigenvalue weighted by atomic mass is 10.0. The van der Waals surface area contributed by atoms with Crippen LogP contribution in [-0.2, 0) is 19.2 Å². The van der Waals surface area contributed by atoms with Gasteiger partial charge in [0.15, 0.2) is 0 Å². The summed E-state index contributed by atoms with van der Waals surface area (Å²) in [6.45, 7) is 3.73. The van der Waals surface area contributed by atoms with E-state index in [2.05, 4.69) is 10.6 Å². The molecule has 9 heteroatoms. The summed E-state index contributed by atoms with van der Waals surface area (Å²) in [5.41, 5.74) is 5.27. The minimum atomic E-state index is -1.28. The molecule has 8 nitrogen and oxygen atoms in total. The van der Waals surface area contributed by atoms with Crippen LogP contribution in [0.2, 0.25) is 0 Å². The molecule has 3 amide bonds. The van der Waals surface area contributed by atoms with Gasteiger partial charge in [0.1, 0.15) is 18.5 Å². The first-order valence-electron chi connectivity index (χ1n) is 7.27. The monoisotopic (exact) mass is 347 g/mol. The molecule has 0 saturated carbocycles. The van der Waals surface area contributed by atoms with E-state index in [-0.39, 0.29) is 5.92 Å². The van der Waals surface area contributed by atoms with Gasteiger partial charge in [-0.05, 0) is 30.8 Å². The summed E-state index contributed by atoms with van der Waals surface area (Å²) in [6.07, 6.45) is 1.87. The molecule has 0 spiro atoms. The first-order valence-corrected chi connectivity index (χ1v) is 8.66. The van der Waals surface area contributed by atoms with Crippen LogP contribution in [0, 0.1) is 5.92 Å². The van der Waals surface area contributed by atoms with Gasteiger partial charge in [0.25, 0.3) is 0 Å². The van der Waals surface area contributed by atoms with E-state index in [1.54, 1.807) is 0 Å². The Morgan fingerprint density at radius 2 is 1.74 bits per heavy atom. The zero-order chi connectivity index (χ0) is 18.0. The maximum Gasteiger partial charge on any atom is 0.312 e. The highest BCUT2D eigenvalue weighted by molar-refractivity contribution is 7.98. The van der Waals surface area contributed by atoms with Crippen LogP contribution in [0.4, 0.5) is 0 Å². The number of carbonyl (C=O) groups excluding carboxylic acids is 3. The Labute approximate surface area is 139 Å². The molecule has 23 heavy (non-hydrogen) atoms. The third kappa shape index (κ3) is 9.77. The average molecular weight is 347 g/mol. The number of nitrogens with two attached hydrogens (primary N) is 1.